The number of likely N-dealkylation sites (tertiary alicyclic amines) is 1. The zero-order valence-electron chi connectivity index (χ0n) is 15.2. The van der Waals surface area contributed by atoms with Crippen molar-refractivity contribution in [3.8, 4) is 0 Å². The molecule has 0 amide bonds. The lowest BCUT2D eigenvalue weighted by atomic mass is 9.90. The predicted octanol–water partition coefficient (Wildman–Crippen LogP) is 2.33. The molecule has 0 radical (unpaired) electrons. The molecule has 0 unspecified atom stereocenters. The highest BCUT2D eigenvalue weighted by atomic mass is 15.3. The van der Waals surface area contributed by atoms with Crippen molar-refractivity contribution < 1.29 is 0 Å². The van der Waals surface area contributed by atoms with E-state index < -0.39 is 0 Å². The van der Waals surface area contributed by atoms with Gasteiger partial charge >= 0.3 is 0 Å². The zero-order valence-corrected chi connectivity index (χ0v) is 15.2. The number of guanidine groups is 1. The van der Waals surface area contributed by atoms with E-state index in [0.717, 1.165) is 37.3 Å². The van der Waals surface area contributed by atoms with Gasteiger partial charge in [-0.1, -0.05) is 30.3 Å². The highest BCUT2D eigenvalue weighted by Crippen LogP contribution is 2.21. The smallest absolute Gasteiger partial charge is 0.194 e. The molecule has 2 aromatic rings. The number of hydrogen-bond donors (Lipinski definition) is 1. The summed E-state index contributed by atoms with van der Waals surface area (Å²) in [5.41, 5.74) is 1.45. The first-order chi connectivity index (χ1) is 12.3. The van der Waals surface area contributed by atoms with Crippen LogP contribution in [0, 0.1) is 5.92 Å². The Balaban J connectivity index is 1.49. The maximum absolute atomic E-state index is 4.45. The first-order valence-electron chi connectivity index (χ1n) is 9.16. The summed E-state index contributed by atoms with van der Waals surface area (Å²) in [6.07, 6.45) is 5.37. The molecule has 6 heteroatoms. The third kappa shape index (κ3) is 4.59. The van der Waals surface area contributed by atoms with Crippen LogP contribution in [0.2, 0.25) is 0 Å². The summed E-state index contributed by atoms with van der Waals surface area (Å²) in [6, 6.07) is 10.8. The van der Waals surface area contributed by atoms with Gasteiger partial charge in [0.05, 0.1) is 6.54 Å². The number of aromatic nitrogens is 3. The Hall–Kier alpha value is -2.37. The van der Waals surface area contributed by atoms with Gasteiger partial charge in [0.15, 0.2) is 11.8 Å². The number of nitrogens with zero attached hydrogens (tertiary/aromatic N) is 5. The average Bonchev–Trinajstić information content (AvgIpc) is 3.12. The Morgan fingerprint density at radius 2 is 2.00 bits per heavy atom. The predicted molar refractivity (Wildman–Crippen MR) is 100 cm³/mol. The summed E-state index contributed by atoms with van der Waals surface area (Å²) >= 11 is 0. The van der Waals surface area contributed by atoms with Gasteiger partial charge in [-0.05, 0) is 37.7 Å². The Bertz CT molecular complexity index is 670. The molecule has 3 rings (SSSR count). The molecule has 1 aliphatic rings. The molecule has 6 nitrogen and oxygen atoms in total. The van der Waals surface area contributed by atoms with Gasteiger partial charge in [0.1, 0.15) is 6.33 Å². The van der Waals surface area contributed by atoms with Crippen LogP contribution < -0.4 is 5.32 Å². The Morgan fingerprint density at radius 1 is 1.24 bits per heavy atom. The number of hydrogen-bond acceptors (Lipinski definition) is 3. The van der Waals surface area contributed by atoms with E-state index in [0.29, 0.717) is 6.54 Å². The Kier molecular flexibility index (Phi) is 6.04. The third-order valence-corrected chi connectivity index (χ3v) is 4.93. The summed E-state index contributed by atoms with van der Waals surface area (Å²) < 4.78 is 2.05. The van der Waals surface area contributed by atoms with Crippen molar-refractivity contribution in [1.29, 1.82) is 0 Å². The summed E-state index contributed by atoms with van der Waals surface area (Å²) in [7, 11) is 1.85. The van der Waals surface area contributed by atoms with Crippen molar-refractivity contribution in [2.24, 2.45) is 10.9 Å². The first-order valence-corrected chi connectivity index (χ1v) is 9.16. The van der Waals surface area contributed by atoms with Gasteiger partial charge in [-0.3, -0.25) is 4.99 Å². The van der Waals surface area contributed by atoms with Crippen molar-refractivity contribution in [3.63, 3.8) is 0 Å². The average molecular weight is 340 g/mol. The molecule has 1 aromatic heterocycles. The fraction of sp³-hybridized carbons (Fsp3) is 0.526. The van der Waals surface area contributed by atoms with Gasteiger partial charge in [0, 0.05) is 26.7 Å². The molecule has 1 aromatic carbocycles. The standard InChI is InChI=1S/C19H28N6/c1-3-24-15-22-23-18(24)14-21-19(20-2)25-11-9-17(10-12-25)13-16-7-5-4-6-8-16/h4-8,15,17H,3,9-14H2,1-2H3,(H,20,21). The fourth-order valence-electron chi connectivity index (χ4n) is 3.47. The van der Waals surface area contributed by atoms with Gasteiger partial charge in [0.25, 0.3) is 0 Å². The molecule has 25 heavy (non-hydrogen) atoms. The van der Waals surface area contributed by atoms with Crippen molar-refractivity contribution in [1.82, 2.24) is 25.0 Å². The largest absolute Gasteiger partial charge is 0.349 e. The highest BCUT2D eigenvalue weighted by molar-refractivity contribution is 5.79. The van der Waals surface area contributed by atoms with Gasteiger partial charge in [-0.25, -0.2) is 0 Å². The molecular formula is C19H28N6. The van der Waals surface area contributed by atoms with Crippen molar-refractivity contribution >= 4 is 5.96 Å². The molecule has 0 atom stereocenters. The second-order valence-electron chi connectivity index (χ2n) is 6.55. The molecule has 1 saturated heterocycles. The SMILES string of the molecule is CCn1cnnc1CNC(=NC)N1CCC(Cc2ccccc2)CC1. The monoisotopic (exact) mass is 340 g/mol. The van der Waals surface area contributed by atoms with Crippen molar-refractivity contribution in [2.45, 2.75) is 39.3 Å². The fourth-order valence-corrected chi connectivity index (χ4v) is 3.47. The lowest BCUT2D eigenvalue weighted by Crippen LogP contribution is -2.45. The van der Waals surface area contributed by atoms with Crippen LogP contribution in [0.25, 0.3) is 0 Å². The number of rotatable bonds is 5. The zero-order chi connectivity index (χ0) is 17.5. The lowest BCUT2D eigenvalue weighted by Gasteiger charge is -2.34. The van der Waals surface area contributed by atoms with E-state index in [9.17, 15) is 0 Å². The summed E-state index contributed by atoms with van der Waals surface area (Å²) in [4.78, 5) is 6.81. The normalized spacial score (nSPS) is 16.2. The quantitative estimate of drug-likeness (QED) is 0.670. The van der Waals surface area contributed by atoms with Crippen LogP contribution in [0.1, 0.15) is 31.2 Å². The molecule has 2 heterocycles. The molecule has 0 bridgehead atoms. The molecule has 0 spiro atoms. The van der Waals surface area contributed by atoms with E-state index in [1.165, 1.54) is 24.8 Å². The van der Waals surface area contributed by atoms with Crippen molar-refractivity contribution in [2.75, 3.05) is 20.1 Å². The number of aliphatic imine (C=N–C) groups is 1. The topological polar surface area (TPSA) is 58.3 Å². The number of nitrogens with one attached hydrogen (secondary N) is 1. The molecular weight excluding hydrogens is 312 g/mol. The van der Waals surface area contributed by atoms with E-state index in [1.54, 1.807) is 6.33 Å². The van der Waals surface area contributed by atoms with Crippen LogP contribution in [0.4, 0.5) is 0 Å². The third-order valence-electron chi connectivity index (χ3n) is 4.93. The van der Waals surface area contributed by atoms with Gasteiger partial charge in [-0.2, -0.15) is 0 Å². The maximum atomic E-state index is 4.45. The van der Waals surface area contributed by atoms with Crippen LogP contribution in [-0.2, 0) is 19.5 Å². The van der Waals surface area contributed by atoms with Crippen LogP contribution >= 0.6 is 0 Å². The molecule has 1 N–H and O–H groups in total. The second kappa shape index (κ2) is 8.65. The number of aryl methyl sites for hydroxylation is 1. The molecule has 1 aliphatic heterocycles. The molecule has 134 valence electrons. The van der Waals surface area contributed by atoms with E-state index in [4.69, 9.17) is 0 Å². The van der Waals surface area contributed by atoms with Crippen LogP contribution in [0.3, 0.4) is 0 Å². The van der Waals surface area contributed by atoms with Crippen LogP contribution in [0.15, 0.2) is 41.7 Å². The first kappa shape index (κ1) is 17.5. The van der Waals surface area contributed by atoms with Gasteiger partial charge in [-0.15, -0.1) is 10.2 Å². The highest BCUT2D eigenvalue weighted by Gasteiger charge is 2.21. The number of benzene rings is 1. The van der Waals surface area contributed by atoms with Gasteiger partial charge < -0.3 is 14.8 Å². The second-order valence-corrected chi connectivity index (χ2v) is 6.55. The minimum atomic E-state index is 0.657. The van der Waals surface area contributed by atoms with Crippen molar-refractivity contribution in [3.05, 3.63) is 48.0 Å². The van der Waals surface area contributed by atoms with Gasteiger partial charge in [0.2, 0.25) is 0 Å². The maximum Gasteiger partial charge on any atom is 0.194 e. The molecule has 0 aliphatic carbocycles. The minimum Gasteiger partial charge on any atom is -0.349 e. The summed E-state index contributed by atoms with van der Waals surface area (Å²) in [5, 5.41) is 11.6. The van der Waals surface area contributed by atoms with E-state index in [-0.39, 0.29) is 0 Å². The lowest BCUT2D eigenvalue weighted by molar-refractivity contribution is 0.258. The Labute approximate surface area is 150 Å². The Morgan fingerprint density at radius 3 is 2.68 bits per heavy atom. The van der Waals surface area contributed by atoms with E-state index in [2.05, 4.69) is 62.7 Å². The summed E-state index contributed by atoms with van der Waals surface area (Å²) in [5.74, 6) is 2.67. The summed E-state index contributed by atoms with van der Waals surface area (Å²) in [6.45, 7) is 5.74. The van der Waals surface area contributed by atoms with E-state index in [1.807, 2.05) is 11.6 Å². The molecule has 0 saturated carbocycles. The number of piperidine rings is 1. The molecule has 1 fully saturated rings. The van der Waals surface area contributed by atoms with E-state index >= 15 is 0 Å². The van der Waals surface area contributed by atoms with Crippen LogP contribution in [0.5, 0.6) is 0 Å². The minimum absolute atomic E-state index is 0.657. The van der Waals surface area contributed by atoms with Crippen LogP contribution in [-0.4, -0.2) is 45.8 Å².